The van der Waals surface area contributed by atoms with Gasteiger partial charge in [0.05, 0.1) is 0 Å². The molecule has 0 aromatic heterocycles. The summed E-state index contributed by atoms with van der Waals surface area (Å²) >= 11 is 1.92. The molecule has 1 heterocycles. The van der Waals surface area contributed by atoms with Gasteiger partial charge in [-0.2, -0.15) is 0 Å². The van der Waals surface area contributed by atoms with Crippen molar-refractivity contribution in [1.29, 1.82) is 0 Å². The van der Waals surface area contributed by atoms with E-state index in [1.165, 1.54) is 10.7 Å². The molecule has 0 atom stereocenters. The smallest absolute Gasteiger partial charge is 0.0236 e. The van der Waals surface area contributed by atoms with Gasteiger partial charge in [0.15, 0.2) is 0 Å². The number of hydrogen-bond acceptors (Lipinski definition) is 2. The van der Waals surface area contributed by atoms with Crippen molar-refractivity contribution < 1.29 is 0 Å². The molecule has 0 saturated heterocycles. The van der Waals surface area contributed by atoms with Gasteiger partial charge in [0.2, 0.25) is 0 Å². The van der Waals surface area contributed by atoms with Gasteiger partial charge in [-0.25, -0.2) is 0 Å². The van der Waals surface area contributed by atoms with E-state index >= 15 is 0 Å². The Morgan fingerprint density at radius 1 is 1.86 bits per heavy atom. The second-order valence-corrected chi connectivity index (χ2v) is 2.90. The summed E-state index contributed by atoms with van der Waals surface area (Å²) in [6.45, 7) is 3.25. The Morgan fingerprint density at radius 3 is 3.00 bits per heavy atom. The van der Waals surface area contributed by atoms with E-state index in [0.29, 0.717) is 0 Å². The summed E-state index contributed by atoms with van der Waals surface area (Å²) in [5, 5.41) is 3.15. The normalized spacial score (nSPS) is 20.4. The van der Waals surface area contributed by atoms with Gasteiger partial charge < -0.3 is 5.32 Å². The molecule has 0 radical (unpaired) electrons. The predicted molar refractivity (Wildman–Crippen MR) is 34.2 cm³/mol. The van der Waals surface area contributed by atoms with Crippen molar-refractivity contribution in [3.63, 3.8) is 0 Å². The molecular weight excluding hydrogens is 106 g/mol. The van der Waals surface area contributed by atoms with Gasteiger partial charge >= 0.3 is 0 Å². The van der Waals surface area contributed by atoms with E-state index in [0.717, 1.165) is 6.54 Å². The molecule has 7 heavy (non-hydrogen) atoms. The quantitative estimate of drug-likeness (QED) is 0.509. The Bertz CT molecular complexity index is 88.1. The van der Waals surface area contributed by atoms with E-state index in [1.807, 2.05) is 11.8 Å². The fourth-order valence-electron chi connectivity index (χ4n) is 0.529. The van der Waals surface area contributed by atoms with Crippen LogP contribution in [0, 0.1) is 0 Å². The van der Waals surface area contributed by atoms with Gasteiger partial charge in [-0.05, 0) is 11.8 Å². The number of rotatable bonds is 0. The van der Waals surface area contributed by atoms with Crippen LogP contribution in [0.3, 0.4) is 0 Å². The van der Waals surface area contributed by atoms with E-state index in [1.54, 1.807) is 0 Å². The van der Waals surface area contributed by atoms with Gasteiger partial charge in [0, 0.05) is 18.5 Å². The van der Waals surface area contributed by atoms with Crippen LogP contribution in [-0.4, -0.2) is 12.3 Å². The van der Waals surface area contributed by atoms with Gasteiger partial charge in [0.25, 0.3) is 0 Å². The van der Waals surface area contributed by atoms with Crippen molar-refractivity contribution in [3.8, 4) is 0 Å². The van der Waals surface area contributed by atoms with E-state index in [-0.39, 0.29) is 0 Å². The maximum Gasteiger partial charge on any atom is 0.0236 e. The molecule has 1 N–H and O–H groups in total. The minimum Gasteiger partial charge on any atom is -0.389 e. The average molecular weight is 115 g/mol. The minimum atomic E-state index is 1.13. The largest absolute Gasteiger partial charge is 0.389 e. The SMILES string of the molecule is CC1=CNCCS1. The fourth-order valence-corrected chi connectivity index (χ4v) is 1.24. The van der Waals surface area contributed by atoms with Gasteiger partial charge in [0.1, 0.15) is 0 Å². The van der Waals surface area contributed by atoms with Crippen LogP contribution in [0.4, 0.5) is 0 Å². The molecule has 1 aliphatic heterocycles. The summed E-state index contributed by atoms with van der Waals surface area (Å²) in [4.78, 5) is 1.39. The van der Waals surface area contributed by atoms with E-state index in [2.05, 4.69) is 18.4 Å². The maximum absolute atomic E-state index is 3.15. The number of hydrogen-bond donors (Lipinski definition) is 1. The van der Waals surface area contributed by atoms with Gasteiger partial charge in [-0.3, -0.25) is 0 Å². The number of nitrogens with one attached hydrogen (secondary N) is 1. The molecular formula is C5H9NS. The maximum atomic E-state index is 3.15. The molecule has 0 bridgehead atoms. The number of allylic oxidation sites excluding steroid dienone is 1. The summed E-state index contributed by atoms with van der Waals surface area (Å²) in [6, 6.07) is 0. The highest BCUT2D eigenvalue weighted by molar-refractivity contribution is 8.03. The van der Waals surface area contributed by atoms with Gasteiger partial charge in [-0.1, -0.05) is 0 Å². The van der Waals surface area contributed by atoms with Crippen molar-refractivity contribution in [2.45, 2.75) is 6.92 Å². The summed E-state index contributed by atoms with van der Waals surface area (Å²) in [5.41, 5.74) is 0. The first-order valence-electron chi connectivity index (χ1n) is 2.42. The first-order valence-corrected chi connectivity index (χ1v) is 3.41. The summed E-state index contributed by atoms with van der Waals surface area (Å²) < 4.78 is 0. The monoisotopic (exact) mass is 115 g/mol. The fraction of sp³-hybridized carbons (Fsp3) is 0.600. The lowest BCUT2D eigenvalue weighted by Gasteiger charge is -2.08. The van der Waals surface area contributed by atoms with Crippen LogP contribution in [0.1, 0.15) is 6.92 Å². The lowest BCUT2D eigenvalue weighted by molar-refractivity contribution is 0.914. The molecule has 1 aliphatic rings. The Balaban J connectivity index is 2.40. The topological polar surface area (TPSA) is 12.0 Å². The van der Waals surface area contributed by atoms with Crippen LogP contribution >= 0.6 is 11.8 Å². The van der Waals surface area contributed by atoms with Crippen LogP contribution in [0.2, 0.25) is 0 Å². The summed E-state index contributed by atoms with van der Waals surface area (Å²) in [6.07, 6.45) is 2.06. The molecule has 1 rings (SSSR count). The van der Waals surface area contributed by atoms with Gasteiger partial charge in [-0.15, -0.1) is 11.8 Å². The highest BCUT2D eigenvalue weighted by Gasteiger charge is 1.94. The first-order chi connectivity index (χ1) is 3.39. The zero-order valence-corrected chi connectivity index (χ0v) is 5.22. The third-order valence-electron chi connectivity index (χ3n) is 0.881. The Hall–Kier alpha value is -0.110. The molecule has 40 valence electrons. The molecule has 0 unspecified atom stereocenters. The summed E-state index contributed by atoms with van der Waals surface area (Å²) in [7, 11) is 0. The molecule has 0 spiro atoms. The molecule has 0 fully saturated rings. The Kier molecular flexibility index (Phi) is 1.63. The van der Waals surface area contributed by atoms with Crippen LogP contribution in [-0.2, 0) is 0 Å². The van der Waals surface area contributed by atoms with Crippen LogP contribution in [0.5, 0.6) is 0 Å². The zero-order chi connectivity index (χ0) is 5.11. The molecule has 0 aromatic carbocycles. The third-order valence-corrected chi connectivity index (χ3v) is 1.86. The third kappa shape index (κ3) is 1.43. The standard InChI is InChI=1S/C5H9NS/c1-5-4-6-2-3-7-5/h4,6H,2-3H2,1H3. The van der Waals surface area contributed by atoms with Crippen molar-refractivity contribution >= 4 is 11.8 Å². The zero-order valence-electron chi connectivity index (χ0n) is 4.40. The van der Waals surface area contributed by atoms with E-state index in [4.69, 9.17) is 0 Å². The Morgan fingerprint density at radius 2 is 2.71 bits per heavy atom. The molecule has 0 aliphatic carbocycles. The second-order valence-electron chi connectivity index (χ2n) is 1.56. The second kappa shape index (κ2) is 2.26. The number of thioether (sulfide) groups is 1. The predicted octanol–water partition coefficient (Wildman–Crippen LogP) is 1.18. The van der Waals surface area contributed by atoms with Crippen molar-refractivity contribution in [2.24, 2.45) is 0 Å². The lowest BCUT2D eigenvalue weighted by atomic mass is 10.6. The van der Waals surface area contributed by atoms with E-state index < -0.39 is 0 Å². The molecule has 0 amide bonds. The van der Waals surface area contributed by atoms with Crippen LogP contribution in [0.15, 0.2) is 11.1 Å². The molecule has 0 saturated carbocycles. The molecule has 1 nitrogen and oxygen atoms in total. The first kappa shape index (κ1) is 5.04. The Labute approximate surface area is 48.2 Å². The van der Waals surface area contributed by atoms with Crippen molar-refractivity contribution in [3.05, 3.63) is 11.1 Å². The highest BCUT2D eigenvalue weighted by atomic mass is 32.2. The van der Waals surface area contributed by atoms with E-state index in [9.17, 15) is 0 Å². The molecule has 2 heteroatoms. The van der Waals surface area contributed by atoms with Crippen molar-refractivity contribution in [2.75, 3.05) is 12.3 Å². The van der Waals surface area contributed by atoms with Crippen molar-refractivity contribution in [1.82, 2.24) is 5.32 Å². The summed E-state index contributed by atoms with van der Waals surface area (Å²) in [5.74, 6) is 1.22. The highest BCUT2D eigenvalue weighted by Crippen LogP contribution is 2.14. The molecule has 0 aromatic rings. The lowest BCUT2D eigenvalue weighted by Crippen LogP contribution is -2.13. The average Bonchev–Trinajstić information content (AvgIpc) is 1.69. The minimum absolute atomic E-state index is 1.13. The van der Waals surface area contributed by atoms with Crippen LogP contribution < -0.4 is 5.32 Å². The van der Waals surface area contributed by atoms with Crippen LogP contribution in [0.25, 0.3) is 0 Å².